The number of amides is 1. The molecule has 3 aromatic rings. The lowest BCUT2D eigenvalue weighted by Crippen LogP contribution is -2.16. The van der Waals surface area contributed by atoms with E-state index in [4.69, 9.17) is 9.47 Å². The van der Waals surface area contributed by atoms with E-state index in [0.29, 0.717) is 33.9 Å². The Morgan fingerprint density at radius 2 is 1.37 bits per heavy atom. The van der Waals surface area contributed by atoms with Gasteiger partial charge >= 0.3 is 0 Å². The number of benzene rings is 3. The summed E-state index contributed by atoms with van der Waals surface area (Å²) >= 11 is 0. The smallest absolute Gasteiger partial charge is 0.259 e. The highest BCUT2D eigenvalue weighted by Crippen LogP contribution is 2.23. The van der Waals surface area contributed by atoms with Gasteiger partial charge in [-0.05, 0) is 48.5 Å². The van der Waals surface area contributed by atoms with Crippen molar-refractivity contribution in [2.24, 2.45) is 0 Å². The number of methoxy groups -OCH3 is 2. The third-order valence-corrected chi connectivity index (χ3v) is 4.12. The lowest BCUT2D eigenvalue weighted by atomic mass is 10.0. The number of anilines is 1. The van der Waals surface area contributed by atoms with Gasteiger partial charge < -0.3 is 14.8 Å². The Hall–Kier alpha value is -3.60. The summed E-state index contributed by atoms with van der Waals surface area (Å²) in [7, 11) is 3.08. The summed E-state index contributed by atoms with van der Waals surface area (Å²) in [6.45, 7) is 0. The van der Waals surface area contributed by atoms with Gasteiger partial charge in [0.2, 0.25) is 0 Å². The molecule has 0 aliphatic heterocycles. The van der Waals surface area contributed by atoms with E-state index in [0.717, 1.165) is 0 Å². The summed E-state index contributed by atoms with van der Waals surface area (Å²) in [6, 6.07) is 20.7. The predicted octanol–water partition coefficient (Wildman–Crippen LogP) is 4.19. The molecule has 3 rings (SSSR count). The SMILES string of the molecule is COc1ccc(C(=O)c2ccccc2NC(=O)c2ccccc2OC)cc1. The van der Waals surface area contributed by atoms with Crippen molar-refractivity contribution >= 4 is 17.4 Å². The number of hydrogen-bond donors (Lipinski definition) is 1. The van der Waals surface area contributed by atoms with E-state index in [2.05, 4.69) is 5.32 Å². The molecule has 3 aromatic carbocycles. The van der Waals surface area contributed by atoms with Crippen molar-refractivity contribution in [3.63, 3.8) is 0 Å². The van der Waals surface area contributed by atoms with Crippen molar-refractivity contribution in [2.45, 2.75) is 0 Å². The summed E-state index contributed by atoms with van der Waals surface area (Å²) < 4.78 is 10.4. The number of carbonyl (C=O) groups is 2. The maximum atomic E-state index is 12.9. The Morgan fingerprint density at radius 1 is 0.741 bits per heavy atom. The predicted molar refractivity (Wildman–Crippen MR) is 104 cm³/mol. The van der Waals surface area contributed by atoms with Crippen LogP contribution in [0.2, 0.25) is 0 Å². The van der Waals surface area contributed by atoms with Crippen LogP contribution in [0.15, 0.2) is 72.8 Å². The van der Waals surface area contributed by atoms with Crippen molar-refractivity contribution in [1.82, 2.24) is 0 Å². The molecular weight excluding hydrogens is 342 g/mol. The lowest BCUT2D eigenvalue weighted by Gasteiger charge is -2.12. The van der Waals surface area contributed by atoms with Crippen LogP contribution in [-0.4, -0.2) is 25.9 Å². The van der Waals surface area contributed by atoms with Gasteiger partial charge in [-0.2, -0.15) is 0 Å². The van der Waals surface area contributed by atoms with Crippen LogP contribution in [-0.2, 0) is 0 Å². The maximum Gasteiger partial charge on any atom is 0.259 e. The van der Waals surface area contributed by atoms with Crippen LogP contribution < -0.4 is 14.8 Å². The monoisotopic (exact) mass is 361 g/mol. The van der Waals surface area contributed by atoms with Gasteiger partial charge in [0.1, 0.15) is 11.5 Å². The zero-order chi connectivity index (χ0) is 19.2. The summed E-state index contributed by atoms with van der Waals surface area (Å²) in [6.07, 6.45) is 0. The molecule has 0 heterocycles. The minimum atomic E-state index is -0.345. The minimum absolute atomic E-state index is 0.187. The molecule has 0 saturated carbocycles. The number of carbonyl (C=O) groups excluding carboxylic acids is 2. The first-order valence-electron chi connectivity index (χ1n) is 8.36. The van der Waals surface area contributed by atoms with Crippen molar-refractivity contribution in [2.75, 3.05) is 19.5 Å². The molecule has 1 N–H and O–H groups in total. The number of nitrogens with one attached hydrogen (secondary N) is 1. The Balaban J connectivity index is 1.89. The van der Waals surface area contributed by atoms with Gasteiger partial charge in [-0.15, -0.1) is 0 Å². The van der Waals surface area contributed by atoms with Gasteiger partial charge in [0, 0.05) is 11.1 Å². The van der Waals surface area contributed by atoms with Crippen LogP contribution in [0.1, 0.15) is 26.3 Å². The highest BCUT2D eigenvalue weighted by atomic mass is 16.5. The first-order chi connectivity index (χ1) is 13.1. The van der Waals surface area contributed by atoms with Crippen LogP contribution in [0.25, 0.3) is 0 Å². The van der Waals surface area contributed by atoms with Crippen molar-refractivity contribution in [3.8, 4) is 11.5 Å². The van der Waals surface area contributed by atoms with E-state index in [1.54, 1.807) is 79.9 Å². The molecule has 136 valence electrons. The second-order valence-electron chi connectivity index (χ2n) is 5.76. The van der Waals surface area contributed by atoms with Gasteiger partial charge in [-0.1, -0.05) is 24.3 Å². The van der Waals surface area contributed by atoms with Crippen LogP contribution in [0.5, 0.6) is 11.5 Å². The van der Waals surface area contributed by atoms with Crippen LogP contribution in [0.4, 0.5) is 5.69 Å². The zero-order valence-electron chi connectivity index (χ0n) is 15.1. The summed E-state index contributed by atoms with van der Waals surface area (Å²) in [4.78, 5) is 25.6. The number of hydrogen-bond acceptors (Lipinski definition) is 4. The highest BCUT2D eigenvalue weighted by molar-refractivity contribution is 6.15. The van der Waals surface area contributed by atoms with Crippen molar-refractivity contribution < 1.29 is 19.1 Å². The van der Waals surface area contributed by atoms with E-state index in [1.807, 2.05) is 0 Å². The number of para-hydroxylation sites is 2. The normalized spacial score (nSPS) is 10.1. The fourth-order valence-electron chi connectivity index (χ4n) is 2.71. The Bertz CT molecular complexity index is 964. The third-order valence-electron chi connectivity index (χ3n) is 4.12. The van der Waals surface area contributed by atoms with E-state index in [9.17, 15) is 9.59 Å². The molecule has 5 nitrogen and oxygen atoms in total. The molecule has 0 fully saturated rings. The number of ether oxygens (including phenoxy) is 2. The zero-order valence-corrected chi connectivity index (χ0v) is 15.1. The second kappa shape index (κ2) is 8.19. The van der Waals surface area contributed by atoms with Crippen LogP contribution in [0, 0.1) is 0 Å². The van der Waals surface area contributed by atoms with Crippen molar-refractivity contribution in [3.05, 3.63) is 89.5 Å². The van der Waals surface area contributed by atoms with E-state index >= 15 is 0 Å². The fourth-order valence-corrected chi connectivity index (χ4v) is 2.71. The molecule has 0 aliphatic carbocycles. The van der Waals surface area contributed by atoms with E-state index in [1.165, 1.54) is 7.11 Å². The average Bonchev–Trinajstić information content (AvgIpc) is 2.73. The number of rotatable bonds is 6. The average molecular weight is 361 g/mol. The molecule has 0 atom stereocenters. The highest BCUT2D eigenvalue weighted by Gasteiger charge is 2.17. The van der Waals surface area contributed by atoms with Gasteiger partial charge in [0.25, 0.3) is 5.91 Å². The molecule has 1 amide bonds. The van der Waals surface area contributed by atoms with Gasteiger partial charge in [0.05, 0.1) is 25.5 Å². The van der Waals surface area contributed by atoms with Gasteiger partial charge in [0.15, 0.2) is 5.78 Å². The Labute approximate surface area is 157 Å². The molecule has 5 heteroatoms. The number of ketones is 1. The summed E-state index contributed by atoms with van der Waals surface area (Å²) in [5, 5.41) is 2.81. The quantitative estimate of drug-likeness (QED) is 0.669. The van der Waals surface area contributed by atoms with Crippen LogP contribution in [0.3, 0.4) is 0 Å². The molecule has 0 aliphatic rings. The first kappa shape index (κ1) is 18.2. The van der Waals surface area contributed by atoms with Crippen molar-refractivity contribution in [1.29, 1.82) is 0 Å². The first-order valence-corrected chi connectivity index (χ1v) is 8.36. The fraction of sp³-hybridized carbons (Fsp3) is 0.0909. The topological polar surface area (TPSA) is 64.6 Å². The molecule has 0 saturated heterocycles. The molecule has 0 spiro atoms. The van der Waals surface area contributed by atoms with Gasteiger partial charge in [-0.25, -0.2) is 0 Å². The minimum Gasteiger partial charge on any atom is -0.497 e. The molecule has 27 heavy (non-hydrogen) atoms. The molecule has 0 aromatic heterocycles. The standard InChI is InChI=1S/C22H19NO4/c1-26-16-13-11-15(12-14-16)21(24)17-7-3-5-9-19(17)23-22(25)18-8-4-6-10-20(18)27-2/h3-14H,1-2H3,(H,23,25). The Morgan fingerprint density at radius 3 is 2.04 bits per heavy atom. The molecule has 0 unspecified atom stereocenters. The van der Waals surface area contributed by atoms with Crippen LogP contribution >= 0.6 is 0 Å². The molecule has 0 radical (unpaired) electrons. The van der Waals surface area contributed by atoms with Gasteiger partial charge in [-0.3, -0.25) is 9.59 Å². The summed E-state index contributed by atoms with van der Waals surface area (Å²) in [5.41, 5.74) is 1.75. The third kappa shape index (κ3) is 3.98. The Kier molecular flexibility index (Phi) is 5.52. The summed E-state index contributed by atoms with van der Waals surface area (Å²) in [5.74, 6) is 0.606. The second-order valence-corrected chi connectivity index (χ2v) is 5.76. The molecule has 0 bridgehead atoms. The largest absolute Gasteiger partial charge is 0.497 e. The molecular formula is C22H19NO4. The maximum absolute atomic E-state index is 12.9. The van der Waals surface area contributed by atoms with E-state index in [-0.39, 0.29) is 11.7 Å². The van der Waals surface area contributed by atoms with E-state index < -0.39 is 0 Å². The lowest BCUT2D eigenvalue weighted by molar-refractivity contribution is 0.102.